The first-order chi connectivity index (χ1) is 13.7. The molecule has 0 N–H and O–H groups in total. The molecule has 158 valence electrons. The maximum absolute atomic E-state index is 11.8. The third-order valence-electron chi connectivity index (χ3n) is 3.76. The largest absolute Gasteiger partial charge is 0.463 e. The Morgan fingerprint density at radius 3 is 2.62 bits per heavy atom. The van der Waals surface area contributed by atoms with E-state index in [1.807, 2.05) is 19.2 Å². The van der Waals surface area contributed by atoms with Crippen LogP contribution in [0.2, 0.25) is 0 Å². The number of hydrogen-bond donors (Lipinski definition) is 0. The van der Waals surface area contributed by atoms with E-state index in [4.69, 9.17) is 9.47 Å². The van der Waals surface area contributed by atoms with Gasteiger partial charge in [0.2, 0.25) is 0 Å². The molecule has 6 nitrogen and oxygen atoms in total. The number of fused-ring (bicyclic) bond motifs is 1. The van der Waals surface area contributed by atoms with Crippen LogP contribution in [-0.2, 0) is 9.53 Å². The molecule has 1 heterocycles. The third-order valence-corrected chi connectivity index (χ3v) is 4.78. The minimum atomic E-state index is -0.562. The van der Waals surface area contributed by atoms with E-state index in [2.05, 4.69) is 35.4 Å². The fourth-order valence-electron chi connectivity index (χ4n) is 2.65. The number of likely N-dealkylation sites (N-methyl/N-ethyl adjacent to an activating group) is 1. The Balaban J connectivity index is 0.00000204. The average molecular weight is 418 g/mol. The number of carbonyl (C=O) groups excluding carboxylic acids is 1. The number of anilines is 1. The fourth-order valence-corrected chi connectivity index (χ4v) is 3.60. The van der Waals surface area contributed by atoms with Crippen molar-refractivity contribution in [2.24, 2.45) is 0 Å². The molecule has 1 aromatic rings. The quantitative estimate of drug-likeness (QED) is 0.225. The van der Waals surface area contributed by atoms with Gasteiger partial charge < -0.3 is 14.4 Å². The Morgan fingerprint density at radius 2 is 2.03 bits per heavy atom. The van der Waals surface area contributed by atoms with E-state index < -0.39 is 11.6 Å². The van der Waals surface area contributed by atoms with Crippen LogP contribution in [0.15, 0.2) is 42.5 Å². The minimum absolute atomic E-state index is 0.426. The topological polar surface area (TPSA) is 65.8 Å². The highest BCUT2D eigenvalue weighted by molar-refractivity contribution is 7.97. The van der Waals surface area contributed by atoms with Crippen LogP contribution in [0.4, 0.5) is 5.69 Å². The standard InChI is InChI=1S/C20H27N3O3S.C2H4/c1-6-8-23-10-9-22(5)27-18-13-17(15(14-21)12-16(18)23)25-11-7-19(24)26-20(2,3)4;1-2/h7,11-13H,6,8-10H2,1-5H3;1-2H2/b11-7+;. The summed E-state index contributed by atoms with van der Waals surface area (Å²) in [6.07, 6.45) is 3.53. The first kappa shape index (κ1) is 24.6. The maximum Gasteiger partial charge on any atom is 0.334 e. The van der Waals surface area contributed by atoms with E-state index in [0.29, 0.717) is 11.3 Å². The molecule has 0 fully saturated rings. The van der Waals surface area contributed by atoms with Crippen molar-refractivity contribution >= 4 is 23.6 Å². The van der Waals surface area contributed by atoms with Crippen molar-refractivity contribution in [2.75, 3.05) is 31.6 Å². The second-order valence-electron chi connectivity index (χ2n) is 7.31. The van der Waals surface area contributed by atoms with Crippen LogP contribution in [0.25, 0.3) is 0 Å². The molecule has 0 saturated carbocycles. The molecule has 1 aliphatic rings. The van der Waals surface area contributed by atoms with Crippen molar-refractivity contribution in [3.63, 3.8) is 0 Å². The van der Waals surface area contributed by atoms with Gasteiger partial charge in [0.1, 0.15) is 17.4 Å². The molecule has 1 aliphatic heterocycles. The van der Waals surface area contributed by atoms with Crippen molar-refractivity contribution in [1.82, 2.24) is 4.31 Å². The van der Waals surface area contributed by atoms with E-state index in [-0.39, 0.29) is 0 Å². The number of hydrogen-bond acceptors (Lipinski definition) is 7. The summed E-state index contributed by atoms with van der Waals surface area (Å²) >= 11 is 1.63. The Morgan fingerprint density at radius 1 is 1.34 bits per heavy atom. The molecule has 2 rings (SSSR count). The molecule has 7 heteroatoms. The number of carbonyl (C=O) groups is 1. The lowest BCUT2D eigenvalue weighted by atomic mass is 10.1. The van der Waals surface area contributed by atoms with E-state index in [0.717, 1.165) is 36.6 Å². The van der Waals surface area contributed by atoms with Gasteiger partial charge in [-0.15, -0.1) is 13.2 Å². The zero-order valence-electron chi connectivity index (χ0n) is 18.0. The molecule has 0 spiro atoms. The van der Waals surface area contributed by atoms with Crippen LogP contribution < -0.4 is 9.64 Å². The number of esters is 1. The first-order valence-electron chi connectivity index (χ1n) is 9.52. The van der Waals surface area contributed by atoms with Crippen molar-refractivity contribution in [1.29, 1.82) is 5.26 Å². The monoisotopic (exact) mass is 417 g/mol. The number of ether oxygens (including phenoxy) is 2. The number of nitriles is 1. The normalized spacial score (nSPS) is 14.3. The summed E-state index contributed by atoms with van der Waals surface area (Å²) in [6, 6.07) is 5.92. The summed E-state index contributed by atoms with van der Waals surface area (Å²) in [5.41, 5.74) is 0.924. The molecule has 29 heavy (non-hydrogen) atoms. The molecule has 0 aliphatic carbocycles. The van der Waals surface area contributed by atoms with Crippen LogP contribution in [0.3, 0.4) is 0 Å². The lowest BCUT2D eigenvalue weighted by Gasteiger charge is -2.24. The predicted molar refractivity (Wildman–Crippen MR) is 119 cm³/mol. The van der Waals surface area contributed by atoms with E-state index in [9.17, 15) is 10.1 Å². The first-order valence-corrected chi connectivity index (χ1v) is 10.3. The van der Waals surface area contributed by atoms with Crippen LogP contribution in [0.1, 0.15) is 39.7 Å². The zero-order valence-corrected chi connectivity index (χ0v) is 18.8. The Hall–Kier alpha value is -2.43. The van der Waals surface area contributed by atoms with Gasteiger partial charge in [-0.05, 0) is 58.3 Å². The summed E-state index contributed by atoms with van der Waals surface area (Å²) in [5.74, 6) is -0.0608. The maximum atomic E-state index is 11.8. The SMILES string of the molecule is C=C.CCCN1CCN(C)Sc2cc(O/C=C/C(=O)OC(C)(C)C)c(C#N)cc21. The van der Waals surface area contributed by atoms with Gasteiger partial charge in [0.15, 0.2) is 0 Å². The minimum Gasteiger partial charge on any atom is -0.463 e. The smallest absolute Gasteiger partial charge is 0.334 e. The molecule has 0 unspecified atom stereocenters. The highest BCUT2D eigenvalue weighted by Gasteiger charge is 2.21. The molecule has 0 atom stereocenters. The number of benzene rings is 1. The van der Waals surface area contributed by atoms with Crippen LogP contribution in [-0.4, -0.2) is 42.6 Å². The van der Waals surface area contributed by atoms with Gasteiger partial charge in [-0.2, -0.15) is 5.26 Å². The highest BCUT2D eigenvalue weighted by atomic mass is 32.2. The van der Waals surface area contributed by atoms with Gasteiger partial charge >= 0.3 is 5.97 Å². The summed E-state index contributed by atoms with van der Waals surface area (Å²) in [7, 11) is 2.05. The van der Waals surface area contributed by atoms with Gasteiger partial charge in [-0.3, -0.25) is 0 Å². The van der Waals surface area contributed by atoms with Crippen LogP contribution >= 0.6 is 11.9 Å². The highest BCUT2D eigenvalue weighted by Crippen LogP contribution is 2.39. The van der Waals surface area contributed by atoms with Crippen LogP contribution in [0, 0.1) is 11.3 Å². The van der Waals surface area contributed by atoms with E-state index in [1.54, 1.807) is 32.7 Å². The Bertz CT molecular complexity index is 766. The summed E-state index contributed by atoms with van der Waals surface area (Å²) < 4.78 is 13.0. The Labute approximate surface area is 178 Å². The Kier molecular flexibility index (Phi) is 9.79. The second kappa shape index (κ2) is 11.5. The van der Waals surface area contributed by atoms with Gasteiger partial charge in [0.05, 0.1) is 28.5 Å². The third kappa shape index (κ3) is 7.84. The fraction of sp³-hybridized carbons (Fsp3) is 0.455. The molecular weight excluding hydrogens is 386 g/mol. The molecular formula is C22H31N3O3S. The molecule has 0 aromatic heterocycles. The number of rotatable bonds is 5. The summed E-state index contributed by atoms with van der Waals surface area (Å²) in [4.78, 5) is 15.1. The second-order valence-corrected chi connectivity index (χ2v) is 8.56. The molecule has 1 aromatic carbocycles. The average Bonchev–Trinajstić information content (AvgIpc) is 2.80. The van der Waals surface area contributed by atoms with E-state index in [1.165, 1.54) is 12.3 Å². The van der Waals surface area contributed by atoms with E-state index >= 15 is 0 Å². The molecule has 0 saturated heterocycles. The van der Waals surface area contributed by atoms with Crippen molar-refractivity contribution in [2.45, 2.75) is 44.6 Å². The van der Waals surface area contributed by atoms with Crippen molar-refractivity contribution < 1.29 is 14.3 Å². The predicted octanol–water partition coefficient (Wildman–Crippen LogP) is 4.76. The van der Waals surface area contributed by atoms with Crippen molar-refractivity contribution in [3.8, 4) is 11.8 Å². The summed E-state index contributed by atoms with van der Waals surface area (Å²) in [5, 5.41) is 9.54. The van der Waals surface area contributed by atoms with Gasteiger partial charge in [0, 0.05) is 19.6 Å². The number of nitrogens with zero attached hydrogens (tertiary/aromatic N) is 3. The summed E-state index contributed by atoms with van der Waals surface area (Å²) in [6.45, 7) is 16.3. The van der Waals surface area contributed by atoms with Gasteiger partial charge in [0.25, 0.3) is 0 Å². The molecule has 0 bridgehead atoms. The van der Waals surface area contributed by atoms with Gasteiger partial charge in [-0.1, -0.05) is 6.92 Å². The van der Waals surface area contributed by atoms with Crippen LogP contribution in [0.5, 0.6) is 5.75 Å². The van der Waals surface area contributed by atoms with Crippen molar-refractivity contribution in [3.05, 3.63) is 43.2 Å². The molecule has 0 radical (unpaired) electrons. The zero-order chi connectivity index (χ0) is 22.0. The van der Waals surface area contributed by atoms with Gasteiger partial charge in [-0.25, -0.2) is 9.10 Å². The molecule has 0 amide bonds. The lowest BCUT2D eigenvalue weighted by molar-refractivity contribution is -0.148. The lowest BCUT2D eigenvalue weighted by Crippen LogP contribution is -2.29.